The second kappa shape index (κ2) is 14.2. The van der Waals surface area contributed by atoms with E-state index in [9.17, 15) is 24.0 Å². The van der Waals surface area contributed by atoms with E-state index in [2.05, 4.69) is 26.3 Å². The van der Waals surface area contributed by atoms with E-state index in [1.165, 1.54) is 0 Å². The monoisotopic (exact) mass is 554 g/mol. The van der Waals surface area contributed by atoms with Crippen LogP contribution in [-0.2, 0) is 43.5 Å². The van der Waals surface area contributed by atoms with Crippen LogP contribution in [0.4, 0.5) is 4.79 Å². The van der Waals surface area contributed by atoms with Crippen LogP contribution in [0.2, 0.25) is 0 Å². The smallest absolute Gasteiger partial charge is 0.408 e. The van der Waals surface area contributed by atoms with E-state index < -0.39 is 47.7 Å². The van der Waals surface area contributed by atoms with Gasteiger partial charge in [-0.3, -0.25) is 19.2 Å². The van der Waals surface area contributed by atoms with E-state index in [1.54, 1.807) is 30.9 Å². The normalized spacial score (nSPS) is 17.0. The summed E-state index contributed by atoms with van der Waals surface area (Å²) in [6.07, 6.45) is 2.88. The van der Waals surface area contributed by atoms with Crippen molar-refractivity contribution in [3.63, 3.8) is 0 Å². The highest BCUT2D eigenvalue weighted by Gasteiger charge is 2.33. The maximum atomic E-state index is 13.4. The first kappa shape index (κ1) is 30.3. The number of benzene rings is 1. The number of ether oxygens (including phenoxy) is 1. The Kier molecular flexibility index (Phi) is 10.8. The molecule has 2 heterocycles. The van der Waals surface area contributed by atoms with Crippen molar-refractivity contribution < 1.29 is 28.7 Å². The first-order valence-corrected chi connectivity index (χ1v) is 13.4. The molecule has 0 saturated carbocycles. The van der Waals surface area contributed by atoms with Gasteiger partial charge in [0.1, 0.15) is 24.7 Å². The molecule has 2 unspecified atom stereocenters. The predicted molar refractivity (Wildman–Crippen MR) is 146 cm³/mol. The van der Waals surface area contributed by atoms with Gasteiger partial charge in [0.2, 0.25) is 17.6 Å². The number of imidazole rings is 1. The maximum absolute atomic E-state index is 13.4. The Morgan fingerprint density at radius 2 is 1.80 bits per heavy atom. The molecule has 12 nitrogen and oxygen atoms in total. The number of nitrogens with one attached hydrogen (secondary N) is 4. The zero-order chi connectivity index (χ0) is 29.2. The van der Waals surface area contributed by atoms with E-state index in [-0.39, 0.29) is 37.8 Å². The molecule has 0 saturated heterocycles. The molecule has 1 aliphatic rings. The maximum Gasteiger partial charge on any atom is 0.408 e. The van der Waals surface area contributed by atoms with Crippen molar-refractivity contribution in [2.75, 3.05) is 6.54 Å². The van der Waals surface area contributed by atoms with Crippen molar-refractivity contribution in [3.8, 4) is 0 Å². The summed E-state index contributed by atoms with van der Waals surface area (Å²) in [5, 5.41) is 10.5. The van der Waals surface area contributed by atoms with Crippen LogP contribution in [0.3, 0.4) is 0 Å². The second-order valence-corrected chi connectivity index (χ2v) is 10.6. The third-order valence-electron chi connectivity index (χ3n) is 6.39. The Labute approximate surface area is 233 Å². The largest absolute Gasteiger partial charge is 0.445 e. The molecular formula is C28H38N6O6. The molecule has 2 aromatic rings. The fourth-order valence-corrected chi connectivity index (χ4v) is 4.26. The number of fused-ring (bicyclic) bond motifs is 2. The molecule has 216 valence electrons. The van der Waals surface area contributed by atoms with Crippen molar-refractivity contribution in [2.45, 2.75) is 71.8 Å². The van der Waals surface area contributed by atoms with E-state index in [1.807, 2.05) is 44.2 Å². The van der Waals surface area contributed by atoms with Crippen LogP contribution in [-0.4, -0.2) is 63.8 Å². The quantitative estimate of drug-likeness (QED) is 0.320. The summed E-state index contributed by atoms with van der Waals surface area (Å²) < 4.78 is 7.05. The number of Topliss-reactive ketones (excluding diaryl/α,β-unsaturated/α-hetero) is 1. The molecule has 0 fully saturated rings. The van der Waals surface area contributed by atoms with Crippen molar-refractivity contribution >= 4 is 29.6 Å². The Bertz CT molecular complexity index is 1190. The third kappa shape index (κ3) is 8.92. The Balaban J connectivity index is 1.68. The van der Waals surface area contributed by atoms with Gasteiger partial charge in [-0.15, -0.1) is 0 Å². The number of hydrogen-bond donors (Lipinski definition) is 4. The van der Waals surface area contributed by atoms with Crippen molar-refractivity contribution in [1.29, 1.82) is 0 Å². The fraction of sp³-hybridized carbons (Fsp3) is 0.500. The topological polar surface area (TPSA) is 161 Å². The highest BCUT2D eigenvalue weighted by atomic mass is 16.5. The number of nitrogens with zero attached hydrogens (tertiary/aromatic N) is 2. The van der Waals surface area contributed by atoms with Crippen LogP contribution in [0.5, 0.6) is 0 Å². The summed E-state index contributed by atoms with van der Waals surface area (Å²) in [5.74, 6) is -3.07. The van der Waals surface area contributed by atoms with E-state index in [0.717, 1.165) is 5.56 Å². The third-order valence-corrected chi connectivity index (χ3v) is 6.39. The van der Waals surface area contributed by atoms with Gasteiger partial charge in [-0.05, 0) is 23.8 Å². The molecule has 12 heteroatoms. The lowest BCUT2D eigenvalue weighted by Gasteiger charge is -2.27. The number of rotatable bonds is 10. The highest BCUT2D eigenvalue weighted by molar-refractivity contribution is 6.38. The predicted octanol–water partition coefficient (Wildman–Crippen LogP) is 1.09. The second-order valence-electron chi connectivity index (χ2n) is 10.6. The highest BCUT2D eigenvalue weighted by Crippen LogP contribution is 2.11. The first-order valence-electron chi connectivity index (χ1n) is 13.4. The summed E-state index contributed by atoms with van der Waals surface area (Å²) in [5.41, 5.74) is 1.35. The lowest BCUT2D eigenvalue weighted by molar-refractivity contribution is -0.140. The number of ketones is 1. The van der Waals surface area contributed by atoms with Gasteiger partial charge in [0.25, 0.3) is 5.91 Å². The van der Waals surface area contributed by atoms with Gasteiger partial charge in [0.15, 0.2) is 0 Å². The molecule has 4 N–H and O–H groups in total. The Morgan fingerprint density at radius 1 is 1.07 bits per heavy atom. The number of aromatic nitrogens is 2. The van der Waals surface area contributed by atoms with Crippen LogP contribution in [0.1, 0.15) is 45.4 Å². The Morgan fingerprint density at radius 3 is 2.48 bits per heavy atom. The Hall–Kier alpha value is -4.22. The average molecular weight is 555 g/mol. The molecule has 40 heavy (non-hydrogen) atoms. The van der Waals surface area contributed by atoms with Gasteiger partial charge in [-0.2, -0.15) is 0 Å². The molecule has 1 aliphatic heterocycles. The number of alkyl carbamates (subject to hydrolysis) is 1. The minimum Gasteiger partial charge on any atom is -0.445 e. The van der Waals surface area contributed by atoms with E-state index in [4.69, 9.17) is 4.74 Å². The minimum atomic E-state index is -1.16. The minimum absolute atomic E-state index is 0.0103. The van der Waals surface area contributed by atoms with E-state index in [0.29, 0.717) is 12.2 Å². The zero-order valence-corrected chi connectivity index (χ0v) is 23.3. The summed E-state index contributed by atoms with van der Waals surface area (Å²) in [6, 6.07) is 5.98. The number of carbonyl (C=O) groups is 5. The van der Waals surface area contributed by atoms with Crippen molar-refractivity contribution in [2.24, 2.45) is 11.8 Å². The van der Waals surface area contributed by atoms with Gasteiger partial charge < -0.3 is 30.6 Å². The summed E-state index contributed by atoms with van der Waals surface area (Å²) >= 11 is 0. The lowest BCUT2D eigenvalue weighted by Crippen LogP contribution is -2.58. The molecule has 1 aromatic heterocycles. The first-order chi connectivity index (χ1) is 19.0. The number of carbonyl (C=O) groups excluding carboxylic acids is 5. The molecule has 1 aromatic carbocycles. The van der Waals surface area contributed by atoms with Gasteiger partial charge >= 0.3 is 6.09 Å². The molecule has 4 amide bonds. The van der Waals surface area contributed by atoms with Crippen LogP contribution in [0.15, 0.2) is 42.9 Å². The average Bonchev–Trinajstić information content (AvgIpc) is 3.35. The zero-order valence-electron chi connectivity index (χ0n) is 23.3. The lowest BCUT2D eigenvalue weighted by atomic mass is 9.99. The van der Waals surface area contributed by atoms with Gasteiger partial charge in [0.05, 0.1) is 12.0 Å². The molecule has 2 bridgehead atoms. The van der Waals surface area contributed by atoms with E-state index >= 15 is 0 Å². The van der Waals surface area contributed by atoms with Gasteiger partial charge in [0, 0.05) is 25.7 Å². The van der Waals surface area contributed by atoms with Gasteiger partial charge in [-0.25, -0.2) is 9.78 Å². The number of amides is 4. The van der Waals surface area contributed by atoms with Crippen LogP contribution < -0.4 is 21.3 Å². The molecule has 0 radical (unpaired) electrons. The summed E-state index contributed by atoms with van der Waals surface area (Å²) in [6.45, 7) is 8.05. The van der Waals surface area contributed by atoms with Crippen molar-refractivity contribution in [1.82, 2.24) is 30.8 Å². The van der Waals surface area contributed by atoms with Crippen LogP contribution in [0, 0.1) is 11.8 Å². The van der Waals surface area contributed by atoms with Gasteiger partial charge in [-0.1, -0.05) is 58.0 Å². The van der Waals surface area contributed by atoms with Crippen LogP contribution in [0.25, 0.3) is 0 Å². The fourth-order valence-electron chi connectivity index (χ4n) is 4.26. The summed E-state index contributed by atoms with van der Waals surface area (Å²) in [4.78, 5) is 68.6. The summed E-state index contributed by atoms with van der Waals surface area (Å²) in [7, 11) is 0. The molecule has 3 atom stereocenters. The van der Waals surface area contributed by atoms with Crippen LogP contribution >= 0.6 is 0 Å². The molecule has 3 rings (SSSR count). The van der Waals surface area contributed by atoms with Crippen molar-refractivity contribution in [3.05, 3.63) is 54.1 Å². The molecular weight excluding hydrogens is 516 g/mol. The molecule has 0 spiro atoms. The molecule has 0 aliphatic carbocycles. The SMILES string of the molecule is CC(C)CC(NC(=O)C(NC(=O)OCc1ccccc1)C(C)C)C(=O)N[C@@H]1Cc2cn(cn2)CCNC(=O)C1=O. The number of hydrogen-bond acceptors (Lipinski definition) is 7. The standard InChI is InChI=1S/C28H38N6O6/c1-17(2)12-22(25(36)31-21-13-20-14-34(16-30-20)11-10-29-27(38)24(21)35)32-26(37)23(18(3)4)33-28(39)40-15-19-8-6-5-7-9-19/h5-9,14,16-18,21-23H,10-13,15H2,1-4H3,(H,29,38)(H,31,36)(H,32,37)(H,33,39)/t21-,22?,23?/m1/s1.